The van der Waals surface area contributed by atoms with Crippen LogP contribution in [0.1, 0.15) is 23.4 Å². The number of aromatic nitrogens is 1. The van der Waals surface area contributed by atoms with Crippen LogP contribution in [-0.2, 0) is 11.2 Å². The summed E-state index contributed by atoms with van der Waals surface area (Å²) < 4.78 is 0. The van der Waals surface area contributed by atoms with Gasteiger partial charge in [-0.25, -0.2) is 0 Å². The summed E-state index contributed by atoms with van der Waals surface area (Å²) in [5.41, 5.74) is 1.02. The first kappa shape index (κ1) is 11.8. The summed E-state index contributed by atoms with van der Waals surface area (Å²) in [6, 6.07) is 7.76. The predicted octanol–water partition coefficient (Wildman–Crippen LogP) is 2.56. The Bertz CT molecular complexity index is 467. The normalized spacial score (nSPS) is 12.1. The van der Waals surface area contributed by atoms with E-state index in [1.54, 1.807) is 23.7 Å². The van der Waals surface area contributed by atoms with Crippen molar-refractivity contribution in [3.63, 3.8) is 0 Å². The van der Waals surface area contributed by atoms with Gasteiger partial charge >= 0.3 is 0 Å². The van der Waals surface area contributed by atoms with E-state index in [9.17, 15) is 4.79 Å². The molecule has 0 spiro atoms. The number of carbonyl (C=O) groups excluding carboxylic acids is 1. The molecule has 0 radical (unpaired) electrons. The topological polar surface area (TPSA) is 42.0 Å². The zero-order chi connectivity index (χ0) is 12.1. The molecule has 1 atom stereocenters. The van der Waals surface area contributed by atoms with Gasteiger partial charge < -0.3 is 5.32 Å². The second kappa shape index (κ2) is 5.59. The molecule has 88 valence electrons. The molecule has 2 heterocycles. The summed E-state index contributed by atoms with van der Waals surface area (Å²) >= 11 is 1.60. The fourth-order valence-electron chi connectivity index (χ4n) is 1.58. The second-order valence-corrected chi connectivity index (χ2v) is 4.86. The molecule has 0 saturated carbocycles. The van der Waals surface area contributed by atoms with E-state index < -0.39 is 0 Å². The van der Waals surface area contributed by atoms with Gasteiger partial charge in [-0.3, -0.25) is 9.78 Å². The lowest BCUT2D eigenvalue weighted by Gasteiger charge is -2.13. The van der Waals surface area contributed by atoms with Gasteiger partial charge in [-0.05, 0) is 30.0 Å². The third kappa shape index (κ3) is 3.39. The van der Waals surface area contributed by atoms with Crippen molar-refractivity contribution in [1.82, 2.24) is 10.3 Å². The summed E-state index contributed by atoms with van der Waals surface area (Å²) in [6.07, 6.45) is 3.95. The Kier molecular flexibility index (Phi) is 3.88. The summed E-state index contributed by atoms with van der Waals surface area (Å²) in [5, 5.41) is 4.94. The van der Waals surface area contributed by atoms with Crippen LogP contribution in [0.3, 0.4) is 0 Å². The molecule has 2 aromatic rings. The van der Waals surface area contributed by atoms with Gasteiger partial charge in [0.15, 0.2) is 0 Å². The first-order valence-electron chi connectivity index (χ1n) is 5.47. The molecule has 0 aliphatic carbocycles. The fraction of sp³-hybridized carbons (Fsp3) is 0.231. The van der Waals surface area contributed by atoms with E-state index in [1.807, 2.05) is 36.6 Å². The van der Waals surface area contributed by atoms with Crippen molar-refractivity contribution >= 4 is 17.2 Å². The van der Waals surface area contributed by atoms with E-state index in [-0.39, 0.29) is 11.9 Å². The number of hydrogen-bond acceptors (Lipinski definition) is 3. The molecular formula is C13H14N2OS. The average Bonchev–Trinajstić information content (AvgIpc) is 2.82. The lowest BCUT2D eigenvalue weighted by atomic mass is 10.1. The van der Waals surface area contributed by atoms with Crippen LogP contribution in [0.2, 0.25) is 0 Å². The third-order valence-corrected chi connectivity index (χ3v) is 3.35. The molecular weight excluding hydrogens is 232 g/mol. The van der Waals surface area contributed by atoms with Gasteiger partial charge in [0.1, 0.15) is 0 Å². The monoisotopic (exact) mass is 246 g/mol. The van der Waals surface area contributed by atoms with Crippen LogP contribution < -0.4 is 5.32 Å². The van der Waals surface area contributed by atoms with Crippen molar-refractivity contribution in [2.45, 2.75) is 19.4 Å². The number of nitrogens with one attached hydrogen (secondary N) is 1. The van der Waals surface area contributed by atoms with Crippen LogP contribution in [0, 0.1) is 0 Å². The van der Waals surface area contributed by atoms with Gasteiger partial charge in [0.25, 0.3) is 0 Å². The van der Waals surface area contributed by atoms with E-state index in [0.717, 1.165) is 10.4 Å². The Balaban J connectivity index is 1.91. The van der Waals surface area contributed by atoms with Crippen molar-refractivity contribution in [3.05, 3.63) is 52.5 Å². The van der Waals surface area contributed by atoms with Gasteiger partial charge in [-0.15, -0.1) is 11.3 Å². The van der Waals surface area contributed by atoms with E-state index in [2.05, 4.69) is 10.3 Å². The Morgan fingerprint density at radius 2 is 2.35 bits per heavy atom. The van der Waals surface area contributed by atoms with Crippen molar-refractivity contribution < 1.29 is 4.79 Å². The first-order valence-corrected chi connectivity index (χ1v) is 6.35. The molecule has 4 heteroatoms. The summed E-state index contributed by atoms with van der Waals surface area (Å²) in [7, 11) is 0. The third-order valence-electron chi connectivity index (χ3n) is 2.48. The average molecular weight is 246 g/mol. The van der Waals surface area contributed by atoms with E-state index in [4.69, 9.17) is 0 Å². The van der Waals surface area contributed by atoms with E-state index in [1.165, 1.54) is 0 Å². The van der Waals surface area contributed by atoms with Crippen molar-refractivity contribution in [3.8, 4) is 0 Å². The number of pyridine rings is 1. The minimum atomic E-state index is -0.00355. The zero-order valence-corrected chi connectivity index (χ0v) is 10.4. The lowest BCUT2D eigenvalue weighted by molar-refractivity contribution is -0.121. The Morgan fingerprint density at radius 3 is 3.00 bits per heavy atom. The molecule has 2 aromatic heterocycles. The zero-order valence-electron chi connectivity index (χ0n) is 9.59. The molecule has 0 fully saturated rings. The number of amides is 1. The van der Waals surface area contributed by atoms with Crippen LogP contribution in [0.5, 0.6) is 0 Å². The Labute approximate surface area is 105 Å². The van der Waals surface area contributed by atoms with Crippen molar-refractivity contribution in [1.29, 1.82) is 0 Å². The van der Waals surface area contributed by atoms with E-state index in [0.29, 0.717) is 6.42 Å². The molecule has 0 aliphatic heterocycles. The van der Waals surface area contributed by atoms with Gasteiger partial charge in [-0.1, -0.05) is 12.1 Å². The van der Waals surface area contributed by atoms with Crippen LogP contribution in [0.4, 0.5) is 0 Å². The van der Waals surface area contributed by atoms with Crippen molar-refractivity contribution in [2.24, 2.45) is 0 Å². The van der Waals surface area contributed by atoms with Gasteiger partial charge in [-0.2, -0.15) is 0 Å². The Hall–Kier alpha value is -1.68. The van der Waals surface area contributed by atoms with Crippen LogP contribution in [0.15, 0.2) is 42.0 Å². The number of nitrogens with zero attached hydrogens (tertiary/aromatic N) is 1. The van der Waals surface area contributed by atoms with Gasteiger partial charge in [0.2, 0.25) is 5.91 Å². The fourth-order valence-corrected chi connectivity index (χ4v) is 2.28. The minimum absolute atomic E-state index is 0.00355. The molecule has 0 unspecified atom stereocenters. The maximum absolute atomic E-state index is 11.8. The minimum Gasteiger partial charge on any atom is -0.349 e. The second-order valence-electron chi connectivity index (χ2n) is 3.83. The quantitative estimate of drug-likeness (QED) is 0.901. The molecule has 0 bridgehead atoms. The number of hydrogen-bond donors (Lipinski definition) is 1. The SMILES string of the molecule is C[C@H](NC(=O)Cc1cccs1)c1cccnc1. The van der Waals surface area contributed by atoms with Gasteiger partial charge in [0.05, 0.1) is 12.5 Å². The predicted molar refractivity (Wildman–Crippen MR) is 68.8 cm³/mol. The standard InChI is InChI=1S/C13H14N2OS/c1-10(11-4-2-6-14-9-11)15-13(16)8-12-5-3-7-17-12/h2-7,9-10H,8H2,1H3,(H,15,16)/t10-/m0/s1. The highest BCUT2D eigenvalue weighted by atomic mass is 32.1. The summed E-state index contributed by atoms with van der Waals surface area (Å²) in [4.78, 5) is 16.9. The summed E-state index contributed by atoms with van der Waals surface area (Å²) in [6.45, 7) is 1.96. The molecule has 2 rings (SSSR count). The molecule has 0 saturated heterocycles. The highest BCUT2D eigenvalue weighted by molar-refractivity contribution is 7.10. The summed E-state index contributed by atoms with van der Waals surface area (Å²) in [5.74, 6) is 0.0452. The Morgan fingerprint density at radius 1 is 1.47 bits per heavy atom. The maximum Gasteiger partial charge on any atom is 0.225 e. The maximum atomic E-state index is 11.8. The number of carbonyl (C=O) groups is 1. The molecule has 0 aliphatic rings. The molecule has 17 heavy (non-hydrogen) atoms. The molecule has 0 aromatic carbocycles. The lowest BCUT2D eigenvalue weighted by Crippen LogP contribution is -2.27. The largest absolute Gasteiger partial charge is 0.349 e. The smallest absolute Gasteiger partial charge is 0.225 e. The van der Waals surface area contributed by atoms with Gasteiger partial charge in [0, 0.05) is 17.3 Å². The highest BCUT2D eigenvalue weighted by Crippen LogP contribution is 2.12. The number of rotatable bonds is 4. The first-order chi connectivity index (χ1) is 8.25. The van der Waals surface area contributed by atoms with Crippen LogP contribution >= 0.6 is 11.3 Å². The van der Waals surface area contributed by atoms with Crippen LogP contribution in [-0.4, -0.2) is 10.9 Å². The number of thiophene rings is 1. The van der Waals surface area contributed by atoms with E-state index >= 15 is 0 Å². The van der Waals surface area contributed by atoms with Crippen LogP contribution in [0.25, 0.3) is 0 Å². The van der Waals surface area contributed by atoms with Crippen molar-refractivity contribution in [2.75, 3.05) is 0 Å². The molecule has 1 amide bonds. The molecule has 1 N–H and O–H groups in total. The highest BCUT2D eigenvalue weighted by Gasteiger charge is 2.10. The molecule has 3 nitrogen and oxygen atoms in total.